The highest BCUT2D eigenvalue weighted by molar-refractivity contribution is 5.94. The maximum Gasteiger partial charge on any atom is 0.251 e. The topological polar surface area (TPSA) is 54.0 Å². The van der Waals surface area contributed by atoms with Crippen molar-refractivity contribution in [3.8, 4) is 0 Å². The maximum atomic E-state index is 12.1. The van der Waals surface area contributed by atoms with Crippen LogP contribution in [-0.2, 0) is 6.54 Å². The number of aryl methyl sites for hydroxylation is 1. The number of hydrogen-bond acceptors (Lipinski definition) is 3. The predicted octanol–water partition coefficient (Wildman–Crippen LogP) is 3.78. The molecule has 2 rings (SSSR count). The van der Waals surface area contributed by atoms with E-state index in [2.05, 4.69) is 60.7 Å². The van der Waals surface area contributed by atoms with E-state index in [1.165, 1.54) is 11.1 Å². The summed E-state index contributed by atoms with van der Waals surface area (Å²) in [6.45, 7) is 7.74. The first-order valence-corrected chi connectivity index (χ1v) is 8.08. The molecule has 0 bridgehead atoms. The Morgan fingerprint density at radius 3 is 2.61 bits per heavy atom. The van der Waals surface area contributed by atoms with Gasteiger partial charge in [0.15, 0.2) is 0 Å². The minimum atomic E-state index is -0.0496. The fourth-order valence-electron chi connectivity index (χ4n) is 2.14. The molecule has 1 aromatic heterocycles. The first-order chi connectivity index (χ1) is 11.0. The van der Waals surface area contributed by atoms with Crippen molar-refractivity contribution in [2.24, 2.45) is 5.92 Å². The Morgan fingerprint density at radius 1 is 1.17 bits per heavy atom. The van der Waals surface area contributed by atoms with Crippen molar-refractivity contribution < 1.29 is 4.79 Å². The van der Waals surface area contributed by atoms with Crippen molar-refractivity contribution in [3.05, 3.63) is 59.3 Å². The molecule has 0 saturated carbocycles. The van der Waals surface area contributed by atoms with Crippen molar-refractivity contribution in [1.82, 2.24) is 10.3 Å². The van der Waals surface area contributed by atoms with Gasteiger partial charge in [0.25, 0.3) is 5.91 Å². The van der Waals surface area contributed by atoms with Crippen LogP contribution in [0.15, 0.2) is 42.6 Å². The van der Waals surface area contributed by atoms with E-state index in [1.54, 1.807) is 18.3 Å². The Labute approximate surface area is 138 Å². The van der Waals surface area contributed by atoms with Gasteiger partial charge in [-0.2, -0.15) is 0 Å². The van der Waals surface area contributed by atoms with Gasteiger partial charge in [-0.3, -0.25) is 4.79 Å². The van der Waals surface area contributed by atoms with E-state index >= 15 is 0 Å². The number of pyridine rings is 1. The van der Waals surface area contributed by atoms with Crippen LogP contribution in [-0.4, -0.2) is 17.4 Å². The molecule has 4 heteroatoms. The number of carbonyl (C=O) groups excluding carboxylic acids is 1. The first-order valence-electron chi connectivity index (χ1n) is 8.08. The molecule has 0 unspecified atom stereocenters. The SMILES string of the molecule is Cc1ccc(CNc2cc(C(=O)NCCC(C)C)ccn2)cc1. The van der Waals surface area contributed by atoms with Gasteiger partial charge in [0.2, 0.25) is 0 Å². The molecule has 1 heterocycles. The largest absolute Gasteiger partial charge is 0.366 e. The number of nitrogens with zero attached hydrogens (tertiary/aromatic N) is 1. The molecule has 122 valence electrons. The van der Waals surface area contributed by atoms with Crippen LogP contribution in [0, 0.1) is 12.8 Å². The fourth-order valence-corrected chi connectivity index (χ4v) is 2.14. The first kappa shape index (κ1) is 17.0. The molecule has 1 aromatic carbocycles. The average Bonchev–Trinajstić information content (AvgIpc) is 2.54. The summed E-state index contributed by atoms with van der Waals surface area (Å²) < 4.78 is 0. The summed E-state index contributed by atoms with van der Waals surface area (Å²) in [5.74, 6) is 1.24. The molecular formula is C19H25N3O. The second-order valence-electron chi connectivity index (χ2n) is 6.21. The van der Waals surface area contributed by atoms with Crippen molar-refractivity contribution in [2.45, 2.75) is 33.7 Å². The van der Waals surface area contributed by atoms with Gasteiger partial charge in [-0.1, -0.05) is 43.7 Å². The maximum absolute atomic E-state index is 12.1. The van der Waals surface area contributed by atoms with Gasteiger partial charge in [0.05, 0.1) is 0 Å². The van der Waals surface area contributed by atoms with Crippen molar-refractivity contribution in [3.63, 3.8) is 0 Å². The molecule has 0 saturated heterocycles. The Kier molecular flexibility index (Phi) is 6.15. The second-order valence-corrected chi connectivity index (χ2v) is 6.21. The summed E-state index contributed by atoms with van der Waals surface area (Å²) in [5.41, 5.74) is 3.06. The minimum Gasteiger partial charge on any atom is -0.366 e. The Morgan fingerprint density at radius 2 is 1.91 bits per heavy atom. The monoisotopic (exact) mass is 311 g/mol. The van der Waals surface area contributed by atoms with Crippen LogP contribution in [0.3, 0.4) is 0 Å². The van der Waals surface area contributed by atoms with Gasteiger partial charge in [-0.25, -0.2) is 4.98 Å². The number of aromatic nitrogens is 1. The van der Waals surface area contributed by atoms with Crippen LogP contribution in [0.1, 0.15) is 41.8 Å². The van der Waals surface area contributed by atoms with Gasteiger partial charge in [-0.15, -0.1) is 0 Å². The molecule has 2 N–H and O–H groups in total. The van der Waals surface area contributed by atoms with Crippen LogP contribution in [0.25, 0.3) is 0 Å². The summed E-state index contributed by atoms with van der Waals surface area (Å²) in [6.07, 6.45) is 2.64. The number of amides is 1. The quantitative estimate of drug-likeness (QED) is 0.818. The Hall–Kier alpha value is -2.36. The van der Waals surface area contributed by atoms with Crippen LogP contribution < -0.4 is 10.6 Å². The summed E-state index contributed by atoms with van der Waals surface area (Å²) in [5, 5.41) is 6.20. The van der Waals surface area contributed by atoms with Gasteiger partial charge < -0.3 is 10.6 Å². The lowest BCUT2D eigenvalue weighted by Crippen LogP contribution is -2.25. The van der Waals surface area contributed by atoms with E-state index in [-0.39, 0.29) is 5.91 Å². The van der Waals surface area contributed by atoms with Crippen LogP contribution in [0.4, 0.5) is 5.82 Å². The molecule has 0 aliphatic carbocycles. The van der Waals surface area contributed by atoms with E-state index in [9.17, 15) is 4.79 Å². The van der Waals surface area contributed by atoms with Gasteiger partial charge in [0.1, 0.15) is 5.82 Å². The number of hydrogen-bond donors (Lipinski definition) is 2. The van der Waals surface area contributed by atoms with Gasteiger partial charge in [-0.05, 0) is 37.0 Å². The lowest BCUT2D eigenvalue weighted by Gasteiger charge is -2.09. The molecule has 0 atom stereocenters. The highest BCUT2D eigenvalue weighted by Crippen LogP contribution is 2.10. The number of anilines is 1. The van der Waals surface area contributed by atoms with Crippen LogP contribution in [0.5, 0.6) is 0 Å². The summed E-state index contributed by atoms with van der Waals surface area (Å²) in [7, 11) is 0. The molecule has 4 nitrogen and oxygen atoms in total. The third kappa shape index (κ3) is 5.74. The molecule has 2 aromatic rings. The highest BCUT2D eigenvalue weighted by Gasteiger charge is 2.07. The van der Waals surface area contributed by atoms with E-state index in [1.807, 2.05) is 0 Å². The Bertz CT molecular complexity index is 635. The van der Waals surface area contributed by atoms with Gasteiger partial charge >= 0.3 is 0 Å². The Balaban J connectivity index is 1.91. The van der Waals surface area contributed by atoms with E-state index in [0.717, 1.165) is 6.42 Å². The normalized spacial score (nSPS) is 10.6. The van der Waals surface area contributed by atoms with Crippen molar-refractivity contribution in [1.29, 1.82) is 0 Å². The third-order valence-electron chi connectivity index (χ3n) is 3.62. The lowest BCUT2D eigenvalue weighted by molar-refractivity contribution is 0.0952. The summed E-state index contributed by atoms with van der Waals surface area (Å²) in [6, 6.07) is 11.9. The molecule has 0 aliphatic rings. The second kappa shape index (κ2) is 8.32. The van der Waals surface area contributed by atoms with Crippen molar-refractivity contribution >= 4 is 11.7 Å². The highest BCUT2D eigenvalue weighted by atomic mass is 16.1. The fraction of sp³-hybridized carbons (Fsp3) is 0.368. The lowest BCUT2D eigenvalue weighted by atomic mass is 10.1. The summed E-state index contributed by atoms with van der Waals surface area (Å²) in [4.78, 5) is 16.4. The van der Waals surface area contributed by atoms with E-state index in [0.29, 0.717) is 30.4 Å². The molecule has 1 amide bonds. The third-order valence-corrected chi connectivity index (χ3v) is 3.62. The number of rotatable bonds is 7. The zero-order valence-corrected chi connectivity index (χ0v) is 14.1. The molecule has 0 fully saturated rings. The molecular weight excluding hydrogens is 286 g/mol. The van der Waals surface area contributed by atoms with Crippen LogP contribution >= 0.6 is 0 Å². The molecule has 0 aliphatic heterocycles. The van der Waals surface area contributed by atoms with E-state index < -0.39 is 0 Å². The van der Waals surface area contributed by atoms with E-state index in [4.69, 9.17) is 0 Å². The van der Waals surface area contributed by atoms with Gasteiger partial charge in [0, 0.05) is 24.8 Å². The molecule has 0 radical (unpaired) electrons. The standard InChI is InChI=1S/C19H25N3O/c1-14(2)8-10-21-19(23)17-9-11-20-18(12-17)22-13-16-6-4-15(3)5-7-16/h4-7,9,11-12,14H,8,10,13H2,1-3H3,(H,20,22)(H,21,23). The molecule has 0 spiro atoms. The molecule has 23 heavy (non-hydrogen) atoms. The van der Waals surface area contributed by atoms with Crippen molar-refractivity contribution in [2.75, 3.05) is 11.9 Å². The number of carbonyl (C=O) groups is 1. The predicted molar refractivity (Wildman–Crippen MR) is 94.5 cm³/mol. The zero-order chi connectivity index (χ0) is 16.7. The number of benzene rings is 1. The number of nitrogens with one attached hydrogen (secondary N) is 2. The van der Waals surface area contributed by atoms with Crippen LogP contribution in [0.2, 0.25) is 0 Å². The average molecular weight is 311 g/mol. The smallest absolute Gasteiger partial charge is 0.251 e. The zero-order valence-electron chi connectivity index (χ0n) is 14.1. The summed E-state index contributed by atoms with van der Waals surface area (Å²) >= 11 is 0. The minimum absolute atomic E-state index is 0.0496.